The van der Waals surface area contributed by atoms with E-state index in [1.165, 1.54) is 20.3 Å². The zero-order valence-electron chi connectivity index (χ0n) is 32.7. The van der Waals surface area contributed by atoms with Gasteiger partial charge in [-0.2, -0.15) is 0 Å². The van der Waals surface area contributed by atoms with E-state index in [0.717, 1.165) is 18.5 Å². The van der Waals surface area contributed by atoms with E-state index in [9.17, 15) is 38.7 Å². The molecule has 6 rings (SSSR count). The Hall–Kier alpha value is -5.35. The van der Waals surface area contributed by atoms with E-state index >= 15 is 0 Å². The van der Waals surface area contributed by atoms with Gasteiger partial charge in [-0.05, 0) is 64.6 Å². The number of nitrogens with one attached hydrogen (secondary N) is 3. The fourth-order valence-corrected chi connectivity index (χ4v) is 6.91. The van der Waals surface area contributed by atoms with Gasteiger partial charge in [0, 0.05) is 31.7 Å². The molecular weight excluding hydrogens is 722 g/mol. The Bertz CT molecular complexity index is 1610. The number of aliphatic hydroxyl groups excluding tert-OH is 1. The summed E-state index contributed by atoms with van der Waals surface area (Å²) < 4.78 is 5.34. The maximum Gasteiger partial charge on any atom is 0.328 e. The van der Waals surface area contributed by atoms with Crippen LogP contribution in [0.3, 0.4) is 0 Å². The quantitative estimate of drug-likeness (QED) is 0.219. The molecule has 16 nitrogen and oxygen atoms in total. The maximum absolute atomic E-state index is 13.5. The number of likely N-dealkylation sites (N-methyl/N-ethyl adjacent to an activating group) is 1. The van der Waals surface area contributed by atoms with Crippen molar-refractivity contribution in [2.45, 2.75) is 89.6 Å². The summed E-state index contributed by atoms with van der Waals surface area (Å²) in [7, 11) is 1.67. The van der Waals surface area contributed by atoms with Crippen molar-refractivity contribution in [2.75, 3.05) is 45.2 Å². The minimum Gasteiger partial charge on any atom is -0.464 e. The van der Waals surface area contributed by atoms with E-state index in [1.54, 1.807) is 14.0 Å². The lowest BCUT2D eigenvalue weighted by molar-refractivity contribution is -0.156. The van der Waals surface area contributed by atoms with Gasteiger partial charge in [-0.25, -0.2) is 4.79 Å². The molecule has 2 aromatic rings. The van der Waals surface area contributed by atoms with Gasteiger partial charge in [0.1, 0.15) is 30.8 Å². The van der Waals surface area contributed by atoms with Crippen LogP contribution in [0.2, 0.25) is 0 Å². The van der Waals surface area contributed by atoms with E-state index in [2.05, 4.69) is 35.0 Å². The number of aliphatic hydroxyl groups is 1. The SMILES string of the molecule is CC1CC2C(=O)OCCC(=O)N3CC(O)CC3C(=O)N3CCCCC3C(=O)NC(C)C(=O)N2C1.CNCC(N)=O.Cc1ccccc1.O=CNc1ccccc1. The van der Waals surface area contributed by atoms with E-state index < -0.39 is 48.1 Å². The molecule has 4 saturated heterocycles. The summed E-state index contributed by atoms with van der Waals surface area (Å²) in [5.74, 6) is -2.38. The molecule has 6 amide bonds. The Kier molecular flexibility index (Phi) is 18.4. The zero-order chi connectivity index (χ0) is 41.2. The molecule has 4 heterocycles. The molecule has 4 aliphatic heterocycles. The molecule has 0 bridgehead atoms. The van der Waals surface area contributed by atoms with Gasteiger partial charge in [-0.1, -0.05) is 61.0 Å². The van der Waals surface area contributed by atoms with Crippen LogP contribution in [-0.2, 0) is 38.3 Å². The minimum absolute atomic E-state index is 0.0212. The predicted molar refractivity (Wildman–Crippen MR) is 208 cm³/mol. The molecule has 4 aliphatic rings. The second kappa shape index (κ2) is 22.9. The van der Waals surface area contributed by atoms with Gasteiger partial charge >= 0.3 is 5.97 Å². The van der Waals surface area contributed by atoms with Crippen LogP contribution in [-0.4, -0.2) is 132 Å². The molecule has 6 atom stereocenters. The first kappa shape index (κ1) is 45.0. The number of carbonyl (C=O) groups excluding carboxylic acids is 7. The Balaban J connectivity index is 0.000000307. The largest absolute Gasteiger partial charge is 0.464 e. The van der Waals surface area contributed by atoms with Crippen molar-refractivity contribution >= 4 is 47.6 Å². The van der Waals surface area contributed by atoms with Crippen LogP contribution in [0.15, 0.2) is 60.7 Å². The third kappa shape index (κ3) is 13.7. The molecule has 2 aromatic carbocycles. The monoisotopic (exact) mass is 779 g/mol. The molecule has 4 fully saturated rings. The Morgan fingerprint density at radius 2 is 1.55 bits per heavy atom. The van der Waals surface area contributed by atoms with Crippen LogP contribution in [0.4, 0.5) is 5.69 Å². The highest BCUT2D eigenvalue weighted by atomic mass is 16.5. The van der Waals surface area contributed by atoms with Crippen molar-refractivity contribution in [3.8, 4) is 0 Å². The Morgan fingerprint density at radius 3 is 2.12 bits per heavy atom. The summed E-state index contributed by atoms with van der Waals surface area (Å²) in [6, 6.07) is 16.3. The third-order valence-corrected chi connectivity index (χ3v) is 9.62. The summed E-state index contributed by atoms with van der Waals surface area (Å²) >= 11 is 0. The van der Waals surface area contributed by atoms with E-state index in [4.69, 9.17) is 10.5 Å². The lowest BCUT2D eigenvalue weighted by Crippen LogP contribution is -2.59. The second-order valence-electron chi connectivity index (χ2n) is 14.3. The number of benzene rings is 2. The van der Waals surface area contributed by atoms with Crippen molar-refractivity contribution < 1.29 is 43.4 Å². The fourth-order valence-electron chi connectivity index (χ4n) is 6.91. The highest BCUT2D eigenvalue weighted by molar-refractivity contribution is 5.95. The van der Waals surface area contributed by atoms with Crippen LogP contribution >= 0.6 is 0 Å². The summed E-state index contributed by atoms with van der Waals surface area (Å²) in [6.45, 7) is 6.46. The molecule has 6 N–H and O–H groups in total. The first-order valence-electron chi connectivity index (χ1n) is 19.0. The molecule has 0 radical (unpaired) electrons. The van der Waals surface area contributed by atoms with Crippen molar-refractivity contribution in [1.29, 1.82) is 0 Å². The molecule has 6 unspecified atom stereocenters. The normalized spacial score (nSPS) is 25.2. The van der Waals surface area contributed by atoms with Crippen LogP contribution < -0.4 is 21.7 Å². The number of hydrogen-bond donors (Lipinski definition) is 5. The first-order valence-corrected chi connectivity index (χ1v) is 19.0. The number of nitrogens with zero attached hydrogens (tertiary/aromatic N) is 3. The molecule has 16 heteroatoms. The predicted octanol–water partition coefficient (Wildman–Crippen LogP) is 0.959. The van der Waals surface area contributed by atoms with E-state index in [1.807, 2.05) is 55.5 Å². The van der Waals surface area contributed by atoms with E-state index in [0.29, 0.717) is 32.3 Å². The number of amides is 6. The van der Waals surface area contributed by atoms with Crippen molar-refractivity contribution in [1.82, 2.24) is 25.3 Å². The lowest BCUT2D eigenvalue weighted by Gasteiger charge is -2.38. The van der Waals surface area contributed by atoms with Crippen molar-refractivity contribution in [3.63, 3.8) is 0 Å². The number of cyclic esters (lactones) is 1. The number of hydrogen-bond acceptors (Lipinski definition) is 10. The summed E-state index contributed by atoms with van der Waals surface area (Å²) in [5.41, 5.74) is 6.85. The van der Waals surface area contributed by atoms with E-state index in [-0.39, 0.29) is 56.2 Å². The summed E-state index contributed by atoms with van der Waals surface area (Å²) in [4.78, 5) is 89.3. The molecule has 306 valence electrons. The topological polar surface area (TPSA) is 221 Å². The molecule has 0 aromatic heterocycles. The van der Waals surface area contributed by atoms with Gasteiger partial charge in [0.25, 0.3) is 0 Å². The van der Waals surface area contributed by atoms with Crippen LogP contribution in [0.1, 0.15) is 57.9 Å². The number of anilines is 1. The number of fused-ring (bicyclic) bond motifs is 3. The standard InChI is InChI=1S/C23H34N4O7.C7H7NO.C7H8.C3H8N2O/c1-13-9-18-23(33)34-8-6-19(29)26-12-15(28)10-17(26)22(32)25-7-4-3-5-16(25)20(30)24-14(2)21(31)27(18)11-13;9-6-8-7-4-2-1-3-5-7;1-7-5-3-2-4-6-7;1-5-2-3(4)6/h13-18,28H,3-12H2,1-2H3,(H,24,30);1-6H,(H,8,9);2-6H,1H3;5H,2H2,1H3,(H2,4,6). The number of piperidine rings is 1. The van der Waals surface area contributed by atoms with Gasteiger partial charge in [0.15, 0.2) is 0 Å². The second-order valence-corrected chi connectivity index (χ2v) is 14.3. The van der Waals surface area contributed by atoms with Crippen LogP contribution in [0, 0.1) is 12.8 Å². The molecular formula is C40H57N7O9. The molecule has 0 saturated carbocycles. The number of carbonyl (C=O) groups is 7. The minimum atomic E-state index is -0.871. The van der Waals surface area contributed by atoms with Crippen molar-refractivity contribution in [3.05, 3.63) is 66.2 Å². The summed E-state index contributed by atoms with van der Waals surface area (Å²) in [5, 5.41) is 18.1. The highest BCUT2D eigenvalue weighted by Crippen LogP contribution is 2.27. The summed E-state index contributed by atoms with van der Waals surface area (Å²) in [6.07, 6.45) is 2.19. The average Bonchev–Trinajstić information content (AvgIpc) is 3.78. The Morgan fingerprint density at radius 1 is 0.893 bits per heavy atom. The molecule has 0 aliphatic carbocycles. The molecule has 0 spiro atoms. The van der Waals surface area contributed by atoms with Gasteiger partial charge in [-0.15, -0.1) is 0 Å². The van der Waals surface area contributed by atoms with Gasteiger partial charge in [0.2, 0.25) is 35.9 Å². The number of aryl methyl sites for hydroxylation is 1. The fraction of sp³-hybridized carbons (Fsp3) is 0.525. The van der Waals surface area contributed by atoms with Crippen LogP contribution in [0.25, 0.3) is 0 Å². The number of rotatable bonds is 4. The van der Waals surface area contributed by atoms with Gasteiger partial charge in [-0.3, -0.25) is 28.8 Å². The number of para-hydroxylation sites is 1. The third-order valence-electron chi connectivity index (χ3n) is 9.62. The Labute approximate surface area is 328 Å². The zero-order valence-corrected chi connectivity index (χ0v) is 32.7. The van der Waals surface area contributed by atoms with Gasteiger partial charge < -0.3 is 46.2 Å². The smallest absolute Gasteiger partial charge is 0.328 e. The van der Waals surface area contributed by atoms with Crippen molar-refractivity contribution in [2.24, 2.45) is 11.7 Å². The van der Waals surface area contributed by atoms with Crippen LogP contribution in [0.5, 0.6) is 0 Å². The highest BCUT2D eigenvalue weighted by Gasteiger charge is 2.45. The number of primary amides is 1. The first-order chi connectivity index (χ1) is 26.8. The molecule has 56 heavy (non-hydrogen) atoms. The number of nitrogens with two attached hydrogens (primary N) is 1. The van der Waals surface area contributed by atoms with Gasteiger partial charge in [0.05, 0.1) is 19.1 Å². The number of ether oxygens (including phenoxy) is 1. The maximum atomic E-state index is 13.5. The average molecular weight is 780 g/mol. The lowest BCUT2D eigenvalue weighted by atomic mass is 9.99. The number of esters is 1.